The van der Waals surface area contributed by atoms with E-state index in [0.717, 1.165) is 0 Å². The van der Waals surface area contributed by atoms with Crippen molar-refractivity contribution >= 4 is 0 Å². The minimum Gasteiger partial charge on any atom is -0.504 e. The van der Waals surface area contributed by atoms with Gasteiger partial charge in [-0.2, -0.15) is 0 Å². The summed E-state index contributed by atoms with van der Waals surface area (Å²) in [4.78, 5) is 0. The normalized spacial score (nSPS) is 14.1. The third kappa shape index (κ3) is 3.80. The quantitative estimate of drug-likeness (QED) is 0.759. The molecule has 0 aliphatic heterocycles. The largest absolute Gasteiger partial charge is 0.504 e. The number of phenolic OH excluding ortho intramolecular Hbond substituents is 1. The molecule has 0 fully saturated rings. The molecule has 3 nitrogen and oxygen atoms in total. The Hall–Kier alpha value is -1.22. The molecule has 0 unspecified atom stereocenters. The zero-order valence-electron chi connectivity index (χ0n) is 13.3. The van der Waals surface area contributed by atoms with Gasteiger partial charge in [-0.15, -0.1) is 0 Å². The second-order valence-corrected chi connectivity index (χ2v) is 3.57. The van der Waals surface area contributed by atoms with Crippen molar-refractivity contribution in [3.8, 4) is 11.5 Å². The molecule has 1 rings (SSSR count). The van der Waals surface area contributed by atoms with E-state index in [1.54, 1.807) is 0 Å². The molecule has 0 bridgehead atoms. The first kappa shape index (κ1) is 7.12. The second-order valence-electron chi connectivity index (χ2n) is 3.57. The zero-order valence-corrected chi connectivity index (χ0v) is 9.31. The van der Waals surface area contributed by atoms with Gasteiger partial charge in [-0.3, -0.25) is 0 Å². The molecule has 0 amide bonds. The summed E-state index contributed by atoms with van der Waals surface area (Å²) in [5, 5.41) is 7.51. The fraction of sp³-hybridized carbons (Fsp3) is 0.500. The fourth-order valence-electron chi connectivity index (χ4n) is 1.17. The van der Waals surface area contributed by atoms with Gasteiger partial charge in [0.05, 0.1) is 11.2 Å². The monoisotopic (exact) mass is 213 g/mol. The zero-order chi connectivity index (χ0) is 14.6. The molecular weight excluding hydrogens is 190 g/mol. The third-order valence-electron chi connectivity index (χ3n) is 1.93. The van der Waals surface area contributed by atoms with Crippen LogP contribution in [-0.4, -0.2) is 26.2 Å². The summed E-state index contributed by atoms with van der Waals surface area (Å²) in [7, 11) is 1.36. The average Bonchev–Trinajstić information content (AvgIpc) is 2.37. The summed E-state index contributed by atoms with van der Waals surface area (Å²) in [5.74, 6) is -0.145. The van der Waals surface area contributed by atoms with E-state index in [0.29, 0.717) is 24.6 Å². The molecule has 84 valence electrons. The van der Waals surface area contributed by atoms with Crippen molar-refractivity contribution in [3.63, 3.8) is 0 Å². The van der Waals surface area contributed by atoms with Crippen LogP contribution >= 0.6 is 0 Å². The Kier molecular flexibility index (Phi) is 2.66. The number of aromatic hydroxyl groups is 1. The van der Waals surface area contributed by atoms with Crippen molar-refractivity contribution in [1.29, 1.82) is 1.43 Å². The molecule has 0 saturated heterocycles. The van der Waals surface area contributed by atoms with E-state index in [2.05, 4.69) is 10.4 Å². The van der Waals surface area contributed by atoms with Gasteiger partial charge in [-0.1, -0.05) is 19.9 Å². The molecule has 0 aliphatic rings. The molecule has 3 heteroatoms. The van der Waals surface area contributed by atoms with Gasteiger partial charge in [-0.05, 0) is 30.6 Å². The number of rotatable bonds is 6. The maximum absolute atomic E-state index is 7.99. The van der Waals surface area contributed by atoms with Crippen molar-refractivity contribution in [2.75, 3.05) is 13.7 Å². The summed E-state index contributed by atoms with van der Waals surface area (Å²) in [6, 6.07) is 0.0221. The van der Waals surface area contributed by atoms with E-state index >= 15 is 0 Å². The summed E-state index contributed by atoms with van der Waals surface area (Å²) in [6.07, 6.45) is 0.455. The molecule has 0 radical (unpaired) electrons. The summed E-state index contributed by atoms with van der Waals surface area (Å²) in [6.45, 7) is 4.63. The Morgan fingerprint density at radius 1 is 1.60 bits per heavy atom. The van der Waals surface area contributed by atoms with Gasteiger partial charge in [0.15, 0.2) is 11.5 Å². The maximum Gasteiger partial charge on any atom is 0.293 e. The topological polar surface area (TPSA) is 41.5 Å². The molecule has 1 aromatic carbocycles. The van der Waals surface area contributed by atoms with Gasteiger partial charge in [0.25, 0.3) is 1.43 Å². The lowest BCUT2D eigenvalue weighted by molar-refractivity contribution is 0.373. The third-order valence-corrected chi connectivity index (χ3v) is 1.93. The molecule has 0 spiro atoms. The number of ether oxygens (including phenoxy) is 1. The summed E-state index contributed by atoms with van der Waals surface area (Å²) in [5.41, 5.74) is 0.427. The highest BCUT2D eigenvalue weighted by Crippen LogP contribution is 2.26. The Morgan fingerprint density at radius 3 is 3.00 bits per heavy atom. The Balaban J connectivity index is 3.14. The van der Waals surface area contributed by atoms with Gasteiger partial charge in [0.1, 0.15) is 0 Å². The van der Waals surface area contributed by atoms with E-state index in [4.69, 9.17) is 10.3 Å². The van der Waals surface area contributed by atoms with Crippen LogP contribution in [0.3, 0.4) is 0 Å². The van der Waals surface area contributed by atoms with Crippen LogP contribution in [0.5, 0.6) is 11.5 Å². The van der Waals surface area contributed by atoms with Gasteiger partial charge in [-0.25, -0.2) is 0 Å². The van der Waals surface area contributed by atoms with Crippen molar-refractivity contribution in [2.45, 2.75) is 26.3 Å². The predicted octanol–water partition coefficient (Wildman–Crippen LogP) is 1.94. The molecule has 2 N–H and O–H groups in total. The van der Waals surface area contributed by atoms with Crippen molar-refractivity contribution in [3.05, 3.63) is 23.7 Å². The SMILES string of the molecule is [2H]Oc1c([2H])c([2H])c(CCNC(C)C)c([2H])c1OC. The van der Waals surface area contributed by atoms with E-state index in [1.165, 1.54) is 7.11 Å². The fourth-order valence-corrected chi connectivity index (χ4v) is 1.17. The van der Waals surface area contributed by atoms with E-state index in [9.17, 15) is 0 Å². The van der Waals surface area contributed by atoms with Crippen LogP contribution in [0.25, 0.3) is 0 Å². The highest BCUT2D eigenvalue weighted by molar-refractivity contribution is 5.41. The summed E-state index contributed by atoms with van der Waals surface area (Å²) < 4.78 is 35.6. The number of hydrogen-bond donors (Lipinski definition) is 2. The van der Waals surface area contributed by atoms with E-state index < -0.39 is 0 Å². The lowest BCUT2D eigenvalue weighted by Crippen LogP contribution is -2.24. The van der Waals surface area contributed by atoms with Crippen LogP contribution in [0, 0.1) is 0 Å². The highest BCUT2D eigenvalue weighted by Gasteiger charge is 2.02. The van der Waals surface area contributed by atoms with Gasteiger partial charge in [0, 0.05) is 6.04 Å². The lowest BCUT2D eigenvalue weighted by atomic mass is 10.1. The van der Waals surface area contributed by atoms with E-state index in [-0.39, 0.29) is 29.6 Å². The molecule has 0 saturated carbocycles. The predicted molar refractivity (Wildman–Crippen MR) is 61.5 cm³/mol. The van der Waals surface area contributed by atoms with Crippen LogP contribution in [0.2, 0.25) is 0 Å². The maximum atomic E-state index is 7.99. The van der Waals surface area contributed by atoms with Crippen LogP contribution < -0.4 is 10.1 Å². The number of nitrogens with one attached hydrogen (secondary N) is 1. The Bertz CT molecular complexity index is 452. The number of phenols is 1. The Morgan fingerprint density at radius 2 is 2.40 bits per heavy atom. The van der Waals surface area contributed by atoms with Gasteiger partial charge in [0.2, 0.25) is 0 Å². The first-order chi connectivity index (χ1) is 8.93. The summed E-state index contributed by atoms with van der Waals surface area (Å²) >= 11 is 0. The minimum atomic E-state index is -0.220. The van der Waals surface area contributed by atoms with Gasteiger partial charge < -0.3 is 15.2 Å². The van der Waals surface area contributed by atoms with Crippen LogP contribution in [0.1, 0.15) is 23.5 Å². The first-order valence-electron chi connectivity index (χ1n) is 6.88. The van der Waals surface area contributed by atoms with Crippen LogP contribution in [0.15, 0.2) is 18.1 Å². The van der Waals surface area contributed by atoms with E-state index in [1.807, 2.05) is 13.8 Å². The standard InChI is InChI=1S/C12H19NO2/c1-9(2)13-7-6-10-4-5-11(14)12(8-10)15-3/h4-5,8-9,13-14H,6-7H2,1-3H3/i4D,5D,8D/hD. The molecule has 0 aromatic heterocycles. The Labute approximate surface area is 96.8 Å². The van der Waals surface area contributed by atoms with Crippen molar-refractivity contribution < 1.29 is 14.0 Å². The number of hydrogen-bond acceptors (Lipinski definition) is 3. The van der Waals surface area contributed by atoms with Gasteiger partial charge >= 0.3 is 0 Å². The smallest absolute Gasteiger partial charge is 0.293 e. The molecular formula is C12H19NO2. The molecule has 0 aliphatic carbocycles. The number of benzene rings is 1. The lowest BCUT2D eigenvalue weighted by Gasteiger charge is -2.09. The molecule has 0 heterocycles. The number of methoxy groups -OCH3 is 1. The van der Waals surface area contributed by atoms with Crippen molar-refractivity contribution in [2.24, 2.45) is 0 Å². The molecule has 1 aromatic rings. The van der Waals surface area contributed by atoms with Crippen molar-refractivity contribution in [1.82, 2.24) is 5.32 Å². The molecule has 0 atom stereocenters. The average molecular weight is 213 g/mol. The first-order valence-corrected chi connectivity index (χ1v) is 4.97. The minimum absolute atomic E-state index is 0.0105. The van der Waals surface area contributed by atoms with Crippen LogP contribution in [0.4, 0.5) is 0 Å². The highest BCUT2D eigenvalue weighted by atomic mass is 16.5. The second kappa shape index (κ2) is 5.61. The van der Waals surface area contributed by atoms with Crippen LogP contribution in [-0.2, 0) is 6.42 Å². The molecule has 15 heavy (non-hydrogen) atoms.